The number of hydrogen-bond donors (Lipinski definition) is 1. The van der Waals surface area contributed by atoms with Crippen LogP contribution < -0.4 is 5.73 Å². The highest BCUT2D eigenvalue weighted by Gasteiger charge is 2.00. The van der Waals surface area contributed by atoms with E-state index in [0.717, 1.165) is 13.0 Å². The van der Waals surface area contributed by atoms with E-state index in [9.17, 15) is 0 Å². The van der Waals surface area contributed by atoms with Crippen molar-refractivity contribution in [3.63, 3.8) is 0 Å². The summed E-state index contributed by atoms with van der Waals surface area (Å²) in [6.07, 6.45) is 6.32. The molecule has 78 valence electrons. The summed E-state index contributed by atoms with van der Waals surface area (Å²) in [5.41, 5.74) is 7.95. The van der Waals surface area contributed by atoms with Gasteiger partial charge in [0.2, 0.25) is 0 Å². The number of nitrogens with two attached hydrogens (primary N) is 1. The first kappa shape index (κ1) is 9.64. The fourth-order valence-electron chi connectivity index (χ4n) is 1.44. The molecule has 2 aromatic rings. The van der Waals surface area contributed by atoms with Gasteiger partial charge in [-0.3, -0.25) is 9.67 Å². The number of rotatable bonds is 3. The third-order valence-electron chi connectivity index (χ3n) is 2.30. The van der Waals surface area contributed by atoms with Crippen molar-refractivity contribution in [2.24, 2.45) is 0 Å². The molecule has 5 nitrogen and oxygen atoms in total. The zero-order valence-corrected chi connectivity index (χ0v) is 8.59. The molecule has 2 rings (SSSR count). The summed E-state index contributed by atoms with van der Waals surface area (Å²) in [6.45, 7) is 2.84. The molecule has 0 atom stereocenters. The van der Waals surface area contributed by atoms with Crippen LogP contribution >= 0.6 is 0 Å². The number of nitrogens with zero attached hydrogens (tertiary/aromatic N) is 4. The van der Waals surface area contributed by atoms with Crippen LogP contribution in [0.1, 0.15) is 11.1 Å². The Kier molecular flexibility index (Phi) is 2.62. The fourth-order valence-corrected chi connectivity index (χ4v) is 1.44. The van der Waals surface area contributed by atoms with Gasteiger partial charge in [-0.25, -0.2) is 0 Å². The molecule has 15 heavy (non-hydrogen) atoms. The van der Waals surface area contributed by atoms with Gasteiger partial charge in [-0.2, -0.15) is 0 Å². The largest absolute Gasteiger partial charge is 0.381 e. The third kappa shape index (κ3) is 2.31. The topological polar surface area (TPSA) is 69.6 Å². The van der Waals surface area contributed by atoms with E-state index in [1.165, 1.54) is 11.1 Å². The second-order valence-corrected chi connectivity index (χ2v) is 3.46. The van der Waals surface area contributed by atoms with E-state index in [1.807, 2.05) is 12.3 Å². The van der Waals surface area contributed by atoms with Crippen molar-refractivity contribution in [1.82, 2.24) is 20.0 Å². The molecule has 2 aromatic heterocycles. The van der Waals surface area contributed by atoms with Gasteiger partial charge in [-0.05, 0) is 30.5 Å². The van der Waals surface area contributed by atoms with Crippen molar-refractivity contribution >= 4 is 5.82 Å². The average molecular weight is 203 g/mol. The number of anilines is 1. The van der Waals surface area contributed by atoms with Crippen LogP contribution in [0, 0.1) is 6.92 Å². The summed E-state index contributed by atoms with van der Waals surface area (Å²) in [7, 11) is 0. The molecule has 0 aliphatic rings. The summed E-state index contributed by atoms with van der Waals surface area (Å²) in [5.74, 6) is 0.460. The van der Waals surface area contributed by atoms with Gasteiger partial charge >= 0.3 is 0 Å². The van der Waals surface area contributed by atoms with E-state index in [4.69, 9.17) is 5.73 Å². The second kappa shape index (κ2) is 4.08. The summed E-state index contributed by atoms with van der Waals surface area (Å²) in [4.78, 5) is 4.05. The molecule has 2 heterocycles. The molecule has 0 saturated carbocycles. The first-order valence-corrected chi connectivity index (χ1v) is 4.81. The van der Waals surface area contributed by atoms with Crippen LogP contribution in [0.3, 0.4) is 0 Å². The molecule has 0 amide bonds. The third-order valence-corrected chi connectivity index (χ3v) is 2.30. The Morgan fingerprint density at radius 3 is 3.00 bits per heavy atom. The van der Waals surface area contributed by atoms with Crippen LogP contribution in [-0.4, -0.2) is 20.0 Å². The van der Waals surface area contributed by atoms with Crippen LogP contribution in [0.4, 0.5) is 5.82 Å². The Labute approximate surface area is 87.9 Å². The molecule has 0 unspecified atom stereocenters. The monoisotopic (exact) mass is 203 g/mol. The Morgan fingerprint density at radius 2 is 2.33 bits per heavy atom. The van der Waals surface area contributed by atoms with Gasteiger partial charge in [-0.15, -0.1) is 5.10 Å². The van der Waals surface area contributed by atoms with Crippen LogP contribution in [0.25, 0.3) is 0 Å². The van der Waals surface area contributed by atoms with Crippen molar-refractivity contribution in [3.8, 4) is 0 Å². The van der Waals surface area contributed by atoms with E-state index in [2.05, 4.69) is 22.2 Å². The molecule has 2 N–H and O–H groups in total. The smallest absolute Gasteiger partial charge is 0.165 e. The lowest BCUT2D eigenvalue weighted by Crippen LogP contribution is -2.03. The van der Waals surface area contributed by atoms with Crippen molar-refractivity contribution in [2.45, 2.75) is 19.9 Å². The van der Waals surface area contributed by atoms with Crippen LogP contribution in [0.2, 0.25) is 0 Å². The molecule has 0 aliphatic carbocycles. The van der Waals surface area contributed by atoms with Gasteiger partial charge in [0.1, 0.15) is 0 Å². The quantitative estimate of drug-likeness (QED) is 0.801. The summed E-state index contributed by atoms with van der Waals surface area (Å²) in [5, 5.41) is 7.62. The minimum atomic E-state index is 0.460. The van der Waals surface area contributed by atoms with Gasteiger partial charge in [-0.1, -0.05) is 5.21 Å². The van der Waals surface area contributed by atoms with Gasteiger partial charge in [0.15, 0.2) is 5.82 Å². The van der Waals surface area contributed by atoms with E-state index in [1.54, 1.807) is 17.1 Å². The van der Waals surface area contributed by atoms with Gasteiger partial charge in [0, 0.05) is 18.9 Å². The van der Waals surface area contributed by atoms with Crippen molar-refractivity contribution in [2.75, 3.05) is 5.73 Å². The van der Waals surface area contributed by atoms with Crippen molar-refractivity contribution in [1.29, 1.82) is 0 Å². The lowest BCUT2D eigenvalue weighted by Gasteiger charge is -2.03. The molecule has 0 bridgehead atoms. The Hall–Kier alpha value is -1.91. The Morgan fingerprint density at radius 1 is 1.47 bits per heavy atom. The average Bonchev–Trinajstić information content (AvgIpc) is 2.63. The highest BCUT2D eigenvalue weighted by atomic mass is 15.4. The van der Waals surface area contributed by atoms with Crippen molar-refractivity contribution in [3.05, 3.63) is 35.8 Å². The molecule has 5 heteroatoms. The lowest BCUT2D eigenvalue weighted by molar-refractivity contribution is 0.588. The number of hydrogen-bond acceptors (Lipinski definition) is 4. The normalized spacial score (nSPS) is 10.5. The zero-order valence-electron chi connectivity index (χ0n) is 8.59. The maximum atomic E-state index is 5.47. The van der Waals surface area contributed by atoms with Gasteiger partial charge < -0.3 is 5.73 Å². The van der Waals surface area contributed by atoms with E-state index >= 15 is 0 Å². The molecule has 0 aromatic carbocycles. The predicted octanol–water partition coefficient (Wildman–Crippen LogP) is 0.806. The molecular formula is C10H13N5. The predicted molar refractivity (Wildman–Crippen MR) is 57.1 cm³/mol. The minimum Gasteiger partial charge on any atom is -0.381 e. The summed E-state index contributed by atoms with van der Waals surface area (Å²) >= 11 is 0. The number of nitrogen functional groups attached to an aromatic ring is 1. The van der Waals surface area contributed by atoms with Crippen LogP contribution in [-0.2, 0) is 13.0 Å². The van der Waals surface area contributed by atoms with E-state index in [-0.39, 0.29) is 0 Å². The van der Waals surface area contributed by atoms with Gasteiger partial charge in [0.05, 0.1) is 6.20 Å². The van der Waals surface area contributed by atoms with Crippen LogP contribution in [0.15, 0.2) is 24.7 Å². The first-order valence-electron chi connectivity index (χ1n) is 4.81. The standard InChI is InChI=1S/C10H13N5/c1-8-6-12-4-2-9(8)3-5-15-7-10(11)13-14-15/h2,4,6-7H,3,5,11H2,1H3. The fraction of sp³-hybridized carbons (Fsp3) is 0.300. The number of pyridine rings is 1. The summed E-state index contributed by atoms with van der Waals surface area (Å²) in [6, 6.07) is 2.02. The maximum Gasteiger partial charge on any atom is 0.165 e. The highest BCUT2D eigenvalue weighted by molar-refractivity contribution is 5.22. The SMILES string of the molecule is Cc1cnccc1CCn1cc(N)nn1. The Bertz CT molecular complexity index is 449. The molecule has 0 radical (unpaired) electrons. The van der Waals surface area contributed by atoms with Gasteiger partial charge in [0.25, 0.3) is 0 Å². The van der Waals surface area contributed by atoms with E-state index < -0.39 is 0 Å². The molecular weight excluding hydrogens is 190 g/mol. The molecule has 0 saturated heterocycles. The second-order valence-electron chi connectivity index (χ2n) is 3.46. The number of aromatic nitrogens is 4. The summed E-state index contributed by atoms with van der Waals surface area (Å²) < 4.78 is 1.75. The van der Waals surface area contributed by atoms with E-state index in [0.29, 0.717) is 5.82 Å². The highest BCUT2D eigenvalue weighted by Crippen LogP contribution is 2.07. The molecule has 0 fully saturated rings. The van der Waals surface area contributed by atoms with Crippen molar-refractivity contribution < 1.29 is 0 Å². The minimum absolute atomic E-state index is 0.460. The Balaban J connectivity index is 2.02. The number of aryl methyl sites for hydroxylation is 3. The maximum absolute atomic E-state index is 5.47. The molecule has 0 aliphatic heterocycles. The first-order chi connectivity index (χ1) is 7.25. The zero-order chi connectivity index (χ0) is 10.7. The van der Waals surface area contributed by atoms with Crippen LogP contribution in [0.5, 0.6) is 0 Å². The molecule has 0 spiro atoms. The lowest BCUT2D eigenvalue weighted by atomic mass is 10.1.